The molecule has 1 saturated heterocycles. The first kappa shape index (κ1) is 15.4. The average Bonchev–Trinajstić information content (AvgIpc) is 3.35. The molecule has 4 heterocycles. The van der Waals surface area contributed by atoms with Crippen molar-refractivity contribution in [3.8, 4) is 10.6 Å². The van der Waals surface area contributed by atoms with Crippen molar-refractivity contribution in [1.29, 1.82) is 0 Å². The highest BCUT2D eigenvalue weighted by molar-refractivity contribution is 7.09. The molecular weight excluding hydrogens is 346 g/mol. The third kappa shape index (κ3) is 2.84. The van der Waals surface area contributed by atoms with Gasteiger partial charge in [0.2, 0.25) is 0 Å². The number of carbonyl (C=O) groups excluding carboxylic acids is 1. The molecule has 0 unspecified atom stereocenters. The van der Waals surface area contributed by atoms with Crippen LogP contribution in [0.4, 0.5) is 0 Å². The highest BCUT2D eigenvalue weighted by Gasteiger charge is 2.30. The summed E-state index contributed by atoms with van der Waals surface area (Å²) in [5.74, 6) is 0.835. The Morgan fingerprint density at radius 2 is 2.38 bits per heavy atom. The van der Waals surface area contributed by atoms with Gasteiger partial charge in [0.05, 0.1) is 16.9 Å². The smallest absolute Gasteiger partial charge is 0.273 e. The molecule has 1 atom stereocenters. The first-order valence-corrected chi connectivity index (χ1v) is 9.37. The largest absolute Gasteiger partial charge is 0.355 e. The van der Waals surface area contributed by atoms with Crippen LogP contribution in [-0.2, 0) is 0 Å². The molecule has 3 aromatic rings. The number of aromatic nitrogens is 4. The van der Waals surface area contributed by atoms with Gasteiger partial charge in [-0.25, -0.2) is 4.98 Å². The van der Waals surface area contributed by atoms with Crippen molar-refractivity contribution in [3.05, 3.63) is 34.0 Å². The Balaban J connectivity index is 1.57. The molecular formula is C15H15N5O2S2. The molecule has 0 saturated carbocycles. The molecule has 0 N–H and O–H groups in total. The quantitative estimate of drug-likeness (QED) is 0.713. The number of thiazole rings is 1. The van der Waals surface area contributed by atoms with Crippen molar-refractivity contribution in [1.82, 2.24) is 24.6 Å². The van der Waals surface area contributed by atoms with E-state index in [1.165, 1.54) is 22.9 Å². The molecule has 1 fully saturated rings. The zero-order chi connectivity index (χ0) is 16.5. The third-order valence-corrected chi connectivity index (χ3v) is 5.45. The van der Waals surface area contributed by atoms with Crippen molar-refractivity contribution < 1.29 is 9.32 Å². The summed E-state index contributed by atoms with van der Waals surface area (Å²) < 4.78 is 9.46. The molecule has 0 spiro atoms. The van der Waals surface area contributed by atoms with E-state index in [0.717, 1.165) is 35.7 Å². The van der Waals surface area contributed by atoms with Gasteiger partial charge in [0.15, 0.2) is 5.76 Å². The van der Waals surface area contributed by atoms with Gasteiger partial charge >= 0.3 is 0 Å². The van der Waals surface area contributed by atoms with Crippen molar-refractivity contribution in [2.45, 2.75) is 25.7 Å². The molecule has 7 nitrogen and oxygen atoms in total. The van der Waals surface area contributed by atoms with Gasteiger partial charge in [-0.1, -0.05) is 9.64 Å². The highest BCUT2D eigenvalue weighted by Crippen LogP contribution is 2.35. The molecule has 24 heavy (non-hydrogen) atoms. The second-order valence-corrected chi connectivity index (χ2v) is 7.26. The fourth-order valence-corrected chi connectivity index (χ4v) is 4.19. The summed E-state index contributed by atoms with van der Waals surface area (Å²) in [4.78, 5) is 19.4. The molecule has 4 rings (SSSR count). The molecule has 9 heteroatoms. The zero-order valence-electron chi connectivity index (χ0n) is 13.0. The first-order chi connectivity index (χ1) is 11.7. The SMILES string of the molecule is Cc1cc(-c2snnc2[C@H]2CCCN(C(=O)c3cscn3)C2)on1. The number of carbonyl (C=O) groups is 1. The third-order valence-electron chi connectivity index (χ3n) is 4.11. The van der Waals surface area contributed by atoms with Crippen LogP contribution in [0.5, 0.6) is 0 Å². The molecule has 0 radical (unpaired) electrons. The molecule has 0 bridgehead atoms. The Kier molecular flexibility index (Phi) is 4.11. The summed E-state index contributed by atoms with van der Waals surface area (Å²) in [5, 5.41) is 10.0. The van der Waals surface area contributed by atoms with Crippen LogP contribution in [0, 0.1) is 6.92 Å². The van der Waals surface area contributed by atoms with E-state index in [9.17, 15) is 4.79 Å². The summed E-state index contributed by atoms with van der Waals surface area (Å²) in [6.07, 6.45) is 1.92. The van der Waals surface area contributed by atoms with Gasteiger partial charge in [-0.3, -0.25) is 4.79 Å². The lowest BCUT2D eigenvalue weighted by Crippen LogP contribution is -2.39. The predicted molar refractivity (Wildman–Crippen MR) is 90.1 cm³/mol. The van der Waals surface area contributed by atoms with Crippen molar-refractivity contribution >= 4 is 28.8 Å². The van der Waals surface area contributed by atoms with E-state index in [4.69, 9.17) is 4.52 Å². The molecule has 0 aliphatic carbocycles. The van der Waals surface area contributed by atoms with Crippen molar-refractivity contribution in [3.63, 3.8) is 0 Å². The molecule has 124 valence electrons. The van der Waals surface area contributed by atoms with Crippen LogP contribution in [0.25, 0.3) is 10.6 Å². The standard InChI is InChI=1S/C15H15N5O2S2/c1-9-5-12(22-18-9)14-13(17-19-24-14)10-3-2-4-20(6-10)15(21)11-7-23-8-16-11/h5,7-8,10H,2-4,6H2,1H3/t10-/m0/s1. The van der Waals surface area contributed by atoms with Crippen molar-refractivity contribution in [2.75, 3.05) is 13.1 Å². The Hall–Kier alpha value is -2.13. The number of rotatable bonds is 3. The molecule has 1 amide bonds. The minimum Gasteiger partial charge on any atom is -0.355 e. The van der Waals surface area contributed by atoms with Crippen LogP contribution in [0.1, 0.15) is 40.6 Å². The fraction of sp³-hybridized carbons (Fsp3) is 0.400. The fourth-order valence-electron chi connectivity index (χ4n) is 2.97. The number of hydrogen-bond donors (Lipinski definition) is 0. The highest BCUT2D eigenvalue weighted by atomic mass is 32.1. The van der Waals surface area contributed by atoms with Gasteiger partial charge in [0, 0.05) is 30.5 Å². The van der Waals surface area contributed by atoms with Crippen LogP contribution in [-0.4, -0.2) is 43.6 Å². The van der Waals surface area contributed by atoms with Crippen molar-refractivity contribution in [2.24, 2.45) is 0 Å². The summed E-state index contributed by atoms with van der Waals surface area (Å²) in [7, 11) is 0. The average molecular weight is 361 g/mol. The van der Waals surface area contributed by atoms with E-state index in [1.807, 2.05) is 17.9 Å². The molecule has 0 aromatic carbocycles. The van der Waals surface area contributed by atoms with Gasteiger partial charge in [0.1, 0.15) is 10.6 Å². The minimum atomic E-state index is -0.0128. The maximum absolute atomic E-state index is 12.5. The van der Waals surface area contributed by atoms with E-state index in [1.54, 1.807) is 10.9 Å². The van der Waals surface area contributed by atoms with Gasteiger partial charge < -0.3 is 9.42 Å². The van der Waals surface area contributed by atoms with Gasteiger partial charge in [0.25, 0.3) is 5.91 Å². The topological polar surface area (TPSA) is 85.0 Å². The van der Waals surface area contributed by atoms with Gasteiger partial charge in [-0.2, -0.15) is 0 Å². The van der Waals surface area contributed by atoms with Crippen LogP contribution < -0.4 is 0 Å². The van der Waals surface area contributed by atoms with Crippen LogP contribution in [0.3, 0.4) is 0 Å². The lowest BCUT2D eigenvalue weighted by atomic mass is 9.93. The zero-order valence-corrected chi connectivity index (χ0v) is 14.6. The summed E-state index contributed by atoms with van der Waals surface area (Å²) in [5.41, 5.74) is 3.92. The number of hydrogen-bond acceptors (Lipinski definition) is 8. The maximum atomic E-state index is 12.5. The van der Waals surface area contributed by atoms with Crippen LogP contribution >= 0.6 is 22.9 Å². The normalized spacial score (nSPS) is 18.0. The Bertz CT molecular complexity index is 842. The number of amides is 1. The Morgan fingerprint density at radius 3 is 3.12 bits per heavy atom. The van der Waals surface area contributed by atoms with Crippen LogP contribution in [0.2, 0.25) is 0 Å². The van der Waals surface area contributed by atoms with Gasteiger partial charge in [-0.15, -0.1) is 16.4 Å². The maximum Gasteiger partial charge on any atom is 0.273 e. The lowest BCUT2D eigenvalue weighted by Gasteiger charge is -2.31. The monoisotopic (exact) mass is 361 g/mol. The second kappa shape index (κ2) is 6.40. The molecule has 3 aromatic heterocycles. The summed E-state index contributed by atoms with van der Waals surface area (Å²) in [6.45, 7) is 3.26. The number of piperidine rings is 1. The lowest BCUT2D eigenvalue weighted by molar-refractivity contribution is 0.0701. The Morgan fingerprint density at radius 1 is 1.46 bits per heavy atom. The molecule has 1 aliphatic rings. The predicted octanol–water partition coefficient (Wildman–Crippen LogP) is 2.98. The van der Waals surface area contributed by atoms with E-state index >= 15 is 0 Å². The number of nitrogens with zero attached hydrogens (tertiary/aromatic N) is 5. The second-order valence-electron chi connectivity index (χ2n) is 5.78. The Labute approximate surface area is 146 Å². The number of likely N-dealkylation sites (tertiary alicyclic amines) is 1. The first-order valence-electron chi connectivity index (χ1n) is 7.66. The van der Waals surface area contributed by atoms with Gasteiger partial charge in [-0.05, 0) is 31.3 Å². The van der Waals surface area contributed by atoms with Crippen LogP contribution in [0.15, 0.2) is 21.5 Å². The minimum absolute atomic E-state index is 0.0128. The van der Waals surface area contributed by atoms with E-state index in [-0.39, 0.29) is 11.8 Å². The number of aryl methyl sites for hydroxylation is 1. The molecule has 1 aliphatic heterocycles. The van der Waals surface area contributed by atoms with E-state index in [2.05, 4.69) is 19.7 Å². The van der Waals surface area contributed by atoms with E-state index < -0.39 is 0 Å². The van der Waals surface area contributed by atoms with E-state index in [0.29, 0.717) is 18.0 Å². The summed E-state index contributed by atoms with van der Waals surface area (Å²) >= 11 is 2.74. The summed E-state index contributed by atoms with van der Waals surface area (Å²) in [6, 6.07) is 1.89.